The maximum absolute atomic E-state index is 12.2. The van der Waals surface area contributed by atoms with Crippen molar-refractivity contribution >= 4 is 5.91 Å². The van der Waals surface area contributed by atoms with Gasteiger partial charge in [-0.25, -0.2) is 0 Å². The van der Waals surface area contributed by atoms with Crippen LogP contribution in [0.4, 0.5) is 0 Å². The molecule has 2 heterocycles. The van der Waals surface area contributed by atoms with Gasteiger partial charge in [0.05, 0.1) is 18.8 Å². The third-order valence-electron chi connectivity index (χ3n) is 3.80. The molecule has 0 aromatic carbocycles. The molecule has 0 saturated carbocycles. The molecule has 2 rings (SSSR count). The first kappa shape index (κ1) is 12.8. The number of rotatable bonds is 5. The highest BCUT2D eigenvalue weighted by molar-refractivity contribution is 5.84. The van der Waals surface area contributed by atoms with E-state index in [9.17, 15) is 4.79 Å². The second-order valence-electron chi connectivity index (χ2n) is 5.15. The Balaban J connectivity index is 1.97. The number of hydrogen-bond acceptors (Lipinski definition) is 3. The third kappa shape index (κ3) is 2.80. The van der Waals surface area contributed by atoms with Crippen molar-refractivity contribution < 1.29 is 9.53 Å². The summed E-state index contributed by atoms with van der Waals surface area (Å²) < 4.78 is 5.39. The predicted molar refractivity (Wildman–Crippen MR) is 66.5 cm³/mol. The van der Waals surface area contributed by atoms with E-state index in [4.69, 9.17) is 4.74 Å². The van der Waals surface area contributed by atoms with Crippen molar-refractivity contribution in [2.24, 2.45) is 5.92 Å². The van der Waals surface area contributed by atoms with E-state index in [0.717, 1.165) is 45.4 Å². The fourth-order valence-corrected chi connectivity index (χ4v) is 2.78. The predicted octanol–water partition coefficient (Wildman–Crippen LogP) is 1.36. The molecular formula is C13H24N2O2. The zero-order chi connectivity index (χ0) is 12.3. The highest BCUT2D eigenvalue weighted by Gasteiger charge is 2.38. The van der Waals surface area contributed by atoms with E-state index >= 15 is 0 Å². The SMILES string of the molecule is CCCC1NC(CC)C(=O)N1CC1CCOC1. The summed E-state index contributed by atoms with van der Waals surface area (Å²) in [5.74, 6) is 0.827. The summed E-state index contributed by atoms with van der Waals surface area (Å²) in [4.78, 5) is 14.3. The minimum Gasteiger partial charge on any atom is -0.381 e. The van der Waals surface area contributed by atoms with Crippen LogP contribution in [0, 0.1) is 5.92 Å². The second kappa shape index (κ2) is 5.83. The monoisotopic (exact) mass is 240 g/mol. The van der Waals surface area contributed by atoms with Gasteiger partial charge in [0.15, 0.2) is 0 Å². The van der Waals surface area contributed by atoms with Gasteiger partial charge >= 0.3 is 0 Å². The summed E-state index contributed by atoms with van der Waals surface area (Å²) in [6, 6.07) is 0.0360. The smallest absolute Gasteiger partial charge is 0.241 e. The van der Waals surface area contributed by atoms with Crippen LogP contribution < -0.4 is 5.32 Å². The van der Waals surface area contributed by atoms with E-state index in [1.54, 1.807) is 0 Å². The first-order chi connectivity index (χ1) is 8.26. The van der Waals surface area contributed by atoms with Gasteiger partial charge in [-0.3, -0.25) is 10.1 Å². The quantitative estimate of drug-likeness (QED) is 0.789. The molecule has 17 heavy (non-hydrogen) atoms. The Kier molecular flexibility index (Phi) is 4.40. The zero-order valence-corrected chi connectivity index (χ0v) is 10.9. The topological polar surface area (TPSA) is 41.6 Å². The van der Waals surface area contributed by atoms with Gasteiger partial charge < -0.3 is 9.64 Å². The number of carbonyl (C=O) groups is 1. The van der Waals surface area contributed by atoms with E-state index in [0.29, 0.717) is 5.92 Å². The molecule has 1 N–H and O–H groups in total. The van der Waals surface area contributed by atoms with Crippen LogP contribution in [0.1, 0.15) is 39.5 Å². The Morgan fingerprint density at radius 2 is 2.29 bits per heavy atom. The van der Waals surface area contributed by atoms with Gasteiger partial charge in [0.2, 0.25) is 5.91 Å². The largest absolute Gasteiger partial charge is 0.381 e. The van der Waals surface area contributed by atoms with Gasteiger partial charge in [0.1, 0.15) is 0 Å². The molecule has 0 radical (unpaired) electrons. The third-order valence-corrected chi connectivity index (χ3v) is 3.80. The van der Waals surface area contributed by atoms with Crippen LogP contribution in [0.5, 0.6) is 0 Å². The van der Waals surface area contributed by atoms with E-state index in [2.05, 4.69) is 24.1 Å². The van der Waals surface area contributed by atoms with E-state index in [1.165, 1.54) is 0 Å². The van der Waals surface area contributed by atoms with Crippen LogP contribution in [0.2, 0.25) is 0 Å². The number of carbonyl (C=O) groups excluding carboxylic acids is 1. The van der Waals surface area contributed by atoms with Gasteiger partial charge in [0, 0.05) is 19.1 Å². The van der Waals surface area contributed by atoms with E-state index in [1.807, 2.05) is 0 Å². The molecule has 98 valence electrons. The second-order valence-corrected chi connectivity index (χ2v) is 5.15. The maximum atomic E-state index is 12.2. The lowest BCUT2D eigenvalue weighted by molar-refractivity contribution is -0.130. The highest BCUT2D eigenvalue weighted by atomic mass is 16.5. The first-order valence-corrected chi connectivity index (χ1v) is 6.90. The maximum Gasteiger partial charge on any atom is 0.241 e. The Morgan fingerprint density at radius 3 is 2.88 bits per heavy atom. The van der Waals surface area contributed by atoms with Crippen molar-refractivity contribution in [2.75, 3.05) is 19.8 Å². The Bertz CT molecular complexity index is 264. The molecule has 2 aliphatic heterocycles. The zero-order valence-electron chi connectivity index (χ0n) is 10.9. The molecule has 4 heteroatoms. The summed E-state index contributed by atoms with van der Waals surface area (Å²) >= 11 is 0. The van der Waals surface area contributed by atoms with Crippen molar-refractivity contribution in [3.63, 3.8) is 0 Å². The number of nitrogens with one attached hydrogen (secondary N) is 1. The van der Waals surface area contributed by atoms with Crippen LogP contribution in [0.15, 0.2) is 0 Å². The number of nitrogens with zero attached hydrogens (tertiary/aromatic N) is 1. The van der Waals surface area contributed by atoms with E-state index in [-0.39, 0.29) is 18.1 Å². The van der Waals surface area contributed by atoms with Crippen molar-refractivity contribution in [1.82, 2.24) is 10.2 Å². The highest BCUT2D eigenvalue weighted by Crippen LogP contribution is 2.21. The van der Waals surface area contributed by atoms with E-state index < -0.39 is 0 Å². The fraction of sp³-hybridized carbons (Fsp3) is 0.923. The first-order valence-electron chi connectivity index (χ1n) is 6.90. The molecule has 3 atom stereocenters. The molecule has 2 aliphatic rings. The van der Waals surface area contributed by atoms with Crippen molar-refractivity contribution in [3.05, 3.63) is 0 Å². The van der Waals surface area contributed by atoms with Gasteiger partial charge in [-0.1, -0.05) is 20.3 Å². The molecule has 3 unspecified atom stereocenters. The molecule has 2 saturated heterocycles. The number of hydrogen-bond donors (Lipinski definition) is 1. The van der Waals surface area contributed by atoms with Crippen LogP contribution in [-0.2, 0) is 9.53 Å². The summed E-state index contributed by atoms with van der Waals surface area (Å²) in [5.41, 5.74) is 0. The van der Waals surface area contributed by atoms with Crippen LogP contribution in [0.3, 0.4) is 0 Å². The molecule has 0 bridgehead atoms. The van der Waals surface area contributed by atoms with Gasteiger partial charge in [0.25, 0.3) is 0 Å². The van der Waals surface area contributed by atoms with Gasteiger partial charge in [-0.15, -0.1) is 0 Å². The molecule has 4 nitrogen and oxygen atoms in total. The summed E-state index contributed by atoms with van der Waals surface area (Å²) in [7, 11) is 0. The molecule has 0 aromatic heterocycles. The molecule has 0 spiro atoms. The standard InChI is InChI=1S/C13H24N2O2/c1-3-5-12-14-11(4-2)13(16)15(12)8-10-6-7-17-9-10/h10-12,14H,3-9H2,1-2H3. The average Bonchev–Trinajstić information content (AvgIpc) is 2.92. The fourth-order valence-electron chi connectivity index (χ4n) is 2.78. The molecule has 2 fully saturated rings. The number of ether oxygens (including phenoxy) is 1. The lowest BCUT2D eigenvalue weighted by Crippen LogP contribution is -2.40. The van der Waals surface area contributed by atoms with Crippen LogP contribution in [0.25, 0.3) is 0 Å². The summed E-state index contributed by atoms with van der Waals surface area (Å²) in [6.07, 6.45) is 4.39. The lowest BCUT2D eigenvalue weighted by atomic mass is 10.1. The Morgan fingerprint density at radius 1 is 1.47 bits per heavy atom. The van der Waals surface area contributed by atoms with Crippen LogP contribution >= 0.6 is 0 Å². The normalized spacial score (nSPS) is 33.6. The molecule has 1 amide bonds. The minimum absolute atomic E-state index is 0.0360. The molecule has 0 aromatic rings. The summed E-state index contributed by atoms with van der Waals surface area (Å²) in [6.45, 7) is 6.78. The Labute approximate surface area is 104 Å². The van der Waals surface area contributed by atoms with Gasteiger partial charge in [-0.05, 0) is 19.3 Å². The van der Waals surface area contributed by atoms with Crippen molar-refractivity contribution in [2.45, 2.75) is 51.7 Å². The molecule has 0 aliphatic carbocycles. The van der Waals surface area contributed by atoms with Gasteiger partial charge in [-0.2, -0.15) is 0 Å². The van der Waals surface area contributed by atoms with Crippen molar-refractivity contribution in [1.29, 1.82) is 0 Å². The molecular weight excluding hydrogens is 216 g/mol. The summed E-state index contributed by atoms with van der Waals surface area (Å²) in [5, 5.41) is 3.45. The average molecular weight is 240 g/mol. The Hall–Kier alpha value is -0.610. The van der Waals surface area contributed by atoms with Crippen molar-refractivity contribution in [3.8, 4) is 0 Å². The number of amides is 1. The minimum atomic E-state index is 0.0360. The van der Waals surface area contributed by atoms with Crippen LogP contribution in [-0.4, -0.2) is 42.8 Å². The lowest BCUT2D eigenvalue weighted by Gasteiger charge is -2.26.